The van der Waals surface area contributed by atoms with E-state index in [0.29, 0.717) is 12.0 Å². The molecule has 2 N–H and O–H groups in total. The highest BCUT2D eigenvalue weighted by Gasteiger charge is 2.02. The highest BCUT2D eigenvalue weighted by Crippen LogP contribution is 2.15. The lowest BCUT2D eigenvalue weighted by Gasteiger charge is -2.10. The molecule has 1 nitrogen and oxygen atoms in total. The third-order valence-electron chi connectivity index (χ3n) is 2.67. The molecular weight excluding hydrogens is 170 g/mol. The Balaban J connectivity index is 2.64. The minimum absolute atomic E-state index is 0.305. The van der Waals surface area contributed by atoms with Gasteiger partial charge in [-0.05, 0) is 29.9 Å². The van der Waals surface area contributed by atoms with Crippen molar-refractivity contribution in [1.29, 1.82) is 0 Å². The molecule has 0 radical (unpaired) electrons. The first-order valence-electron chi connectivity index (χ1n) is 5.48. The van der Waals surface area contributed by atoms with E-state index in [4.69, 9.17) is 5.73 Å². The Morgan fingerprint density at radius 2 is 1.71 bits per heavy atom. The van der Waals surface area contributed by atoms with Crippen LogP contribution in [0.2, 0.25) is 0 Å². The fourth-order valence-corrected chi connectivity index (χ4v) is 1.49. The van der Waals surface area contributed by atoms with Gasteiger partial charge < -0.3 is 5.73 Å². The lowest BCUT2D eigenvalue weighted by Crippen LogP contribution is -2.21. The quantitative estimate of drug-likeness (QED) is 0.777. The summed E-state index contributed by atoms with van der Waals surface area (Å²) in [7, 11) is 0. The summed E-state index contributed by atoms with van der Waals surface area (Å²) < 4.78 is 0. The SMILES string of the molecule is CCC(N)Cc1ccc(C(C)C)cc1. The second-order valence-electron chi connectivity index (χ2n) is 4.27. The van der Waals surface area contributed by atoms with Gasteiger partial charge in [-0.25, -0.2) is 0 Å². The van der Waals surface area contributed by atoms with E-state index in [2.05, 4.69) is 45.0 Å². The zero-order chi connectivity index (χ0) is 10.6. The van der Waals surface area contributed by atoms with E-state index in [-0.39, 0.29) is 0 Å². The molecule has 0 aromatic heterocycles. The van der Waals surface area contributed by atoms with Gasteiger partial charge in [0.2, 0.25) is 0 Å². The second kappa shape index (κ2) is 5.16. The molecule has 0 spiro atoms. The van der Waals surface area contributed by atoms with Gasteiger partial charge in [-0.1, -0.05) is 45.0 Å². The van der Waals surface area contributed by atoms with E-state index in [1.54, 1.807) is 0 Å². The van der Waals surface area contributed by atoms with E-state index < -0.39 is 0 Å². The van der Waals surface area contributed by atoms with Crippen LogP contribution in [-0.2, 0) is 6.42 Å². The maximum Gasteiger partial charge on any atom is 0.00766 e. The summed E-state index contributed by atoms with van der Waals surface area (Å²) in [5.41, 5.74) is 8.66. The first kappa shape index (κ1) is 11.3. The Morgan fingerprint density at radius 1 is 1.14 bits per heavy atom. The smallest absolute Gasteiger partial charge is 0.00766 e. The van der Waals surface area contributed by atoms with Crippen molar-refractivity contribution >= 4 is 0 Å². The number of nitrogens with two attached hydrogens (primary N) is 1. The molecule has 1 unspecified atom stereocenters. The Hall–Kier alpha value is -0.820. The van der Waals surface area contributed by atoms with Gasteiger partial charge in [-0.2, -0.15) is 0 Å². The molecule has 14 heavy (non-hydrogen) atoms. The molecule has 1 aromatic rings. The predicted molar refractivity (Wildman–Crippen MR) is 62.5 cm³/mol. The van der Waals surface area contributed by atoms with Crippen molar-refractivity contribution in [2.75, 3.05) is 0 Å². The van der Waals surface area contributed by atoms with Crippen LogP contribution in [0.3, 0.4) is 0 Å². The first-order chi connectivity index (χ1) is 6.63. The monoisotopic (exact) mass is 191 g/mol. The normalized spacial score (nSPS) is 13.2. The van der Waals surface area contributed by atoms with Crippen molar-refractivity contribution in [2.45, 2.75) is 45.6 Å². The molecule has 0 saturated carbocycles. The Kier molecular flexibility index (Phi) is 4.15. The molecule has 78 valence electrons. The summed E-state index contributed by atoms with van der Waals surface area (Å²) in [4.78, 5) is 0. The Bertz CT molecular complexity index is 261. The number of hydrogen-bond acceptors (Lipinski definition) is 1. The zero-order valence-corrected chi connectivity index (χ0v) is 9.46. The highest BCUT2D eigenvalue weighted by atomic mass is 14.6. The van der Waals surface area contributed by atoms with Crippen molar-refractivity contribution in [3.8, 4) is 0 Å². The molecule has 1 rings (SSSR count). The first-order valence-corrected chi connectivity index (χ1v) is 5.48. The minimum atomic E-state index is 0.305. The summed E-state index contributed by atoms with van der Waals surface area (Å²) in [6.07, 6.45) is 2.04. The molecule has 0 bridgehead atoms. The van der Waals surface area contributed by atoms with Gasteiger partial charge in [-0.3, -0.25) is 0 Å². The van der Waals surface area contributed by atoms with Crippen molar-refractivity contribution in [3.05, 3.63) is 35.4 Å². The van der Waals surface area contributed by atoms with Gasteiger partial charge in [0.05, 0.1) is 0 Å². The Morgan fingerprint density at radius 3 is 2.14 bits per heavy atom. The van der Waals surface area contributed by atoms with Crippen LogP contribution in [0.4, 0.5) is 0 Å². The molecular formula is C13H21N. The lowest BCUT2D eigenvalue weighted by molar-refractivity contribution is 0.646. The number of benzene rings is 1. The molecule has 1 heteroatoms. The summed E-state index contributed by atoms with van der Waals surface area (Å²) in [6.45, 7) is 6.56. The van der Waals surface area contributed by atoms with E-state index in [1.807, 2.05) is 0 Å². The molecule has 1 atom stereocenters. The van der Waals surface area contributed by atoms with Gasteiger partial charge in [-0.15, -0.1) is 0 Å². The van der Waals surface area contributed by atoms with E-state index in [1.165, 1.54) is 11.1 Å². The molecule has 0 amide bonds. The van der Waals surface area contributed by atoms with Gasteiger partial charge in [0.1, 0.15) is 0 Å². The fraction of sp³-hybridized carbons (Fsp3) is 0.538. The predicted octanol–water partition coefficient (Wildman–Crippen LogP) is 3.09. The molecule has 0 heterocycles. The van der Waals surface area contributed by atoms with Crippen molar-refractivity contribution in [2.24, 2.45) is 5.73 Å². The average molecular weight is 191 g/mol. The second-order valence-corrected chi connectivity index (χ2v) is 4.27. The third kappa shape index (κ3) is 3.15. The van der Waals surface area contributed by atoms with Crippen molar-refractivity contribution in [1.82, 2.24) is 0 Å². The summed E-state index contributed by atoms with van der Waals surface area (Å²) in [5.74, 6) is 0.615. The standard InChI is InChI=1S/C13H21N/c1-4-13(14)9-11-5-7-12(8-6-11)10(2)3/h5-8,10,13H,4,9,14H2,1-3H3. The fourth-order valence-electron chi connectivity index (χ4n) is 1.49. The van der Waals surface area contributed by atoms with Crippen LogP contribution in [0.15, 0.2) is 24.3 Å². The summed E-state index contributed by atoms with van der Waals surface area (Å²) >= 11 is 0. The van der Waals surface area contributed by atoms with Crippen LogP contribution in [-0.4, -0.2) is 6.04 Å². The van der Waals surface area contributed by atoms with E-state index in [9.17, 15) is 0 Å². The largest absolute Gasteiger partial charge is 0.327 e. The van der Waals surface area contributed by atoms with Crippen LogP contribution in [0.25, 0.3) is 0 Å². The van der Waals surface area contributed by atoms with Crippen molar-refractivity contribution in [3.63, 3.8) is 0 Å². The molecule has 0 saturated heterocycles. The Labute approximate surface area is 87.3 Å². The van der Waals surface area contributed by atoms with Gasteiger partial charge in [0.15, 0.2) is 0 Å². The molecule has 0 fully saturated rings. The maximum absolute atomic E-state index is 5.90. The molecule has 1 aromatic carbocycles. The number of rotatable bonds is 4. The van der Waals surface area contributed by atoms with E-state index >= 15 is 0 Å². The van der Waals surface area contributed by atoms with Crippen LogP contribution >= 0.6 is 0 Å². The summed E-state index contributed by atoms with van der Waals surface area (Å²) in [6, 6.07) is 9.13. The lowest BCUT2D eigenvalue weighted by atomic mass is 9.99. The molecule has 0 aliphatic heterocycles. The highest BCUT2D eigenvalue weighted by molar-refractivity contribution is 5.25. The van der Waals surface area contributed by atoms with Gasteiger partial charge in [0, 0.05) is 6.04 Å². The minimum Gasteiger partial charge on any atom is -0.327 e. The third-order valence-corrected chi connectivity index (χ3v) is 2.67. The van der Waals surface area contributed by atoms with Crippen LogP contribution in [0, 0.1) is 0 Å². The summed E-state index contributed by atoms with van der Waals surface area (Å²) in [5, 5.41) is 0. The van der Waals surface area contributed by atoms with Crippen LogP contribution < -0.4 is 5.73 Å². The van der Waals surface area contributed by atoms with E-state index in [0.717, 1.165) is 12.8 Å². The van der Waals surface area contributed by atoms with Gasteiger partial charge >= 0.3 is 0 Å². The molecule has 0 aliphatic rings. The molecule has 0 aliphatic carbocycles. The van der Waals surface area contributed by atoms with Crippen molar-refractivity contribution < 1.29 is 0 Å². The number of hydrogen-bond donors (Lipinski definition) is 1. The maximum atomic E-state index is 5.90. The van der Waals surface area contributed by atoms with Crippen LogP contribution in [0.5, 0.6) is 0 Å². The van der Waals surface area contributed by atoms with Gasteiger partial charge in [0.25, 0.3) is 0 Å². The zero-order valence-electron chi connectivity index (χ0n) is 9.46. The topological polar surface area (TPSA) is 26.0 Å². The average Bonchev–Trinajstić information content (AvgIpc) is 2.18. The van der Waals surface area contributed by atoms with Crippen LogP contribution in [0.1, 0.15) is 44.2 Å².